The molecule has 6 nitrogen and oxygen atoms in total. The first-order valence-electron chi connectivity index (χ1n) is 6.62. The number of rotatable bonds is 3. The lowest BCUT2D eigenvalue weighted by molar-refractivity contribution is -0.122. The largest absolute Gasteiger partial charge is 0.465 e. The van der Waals surface area contributed by atoms with Crippen LogP contribution in [0.2, 0.25) is 0 Å². The predicted molar refractivity (Wildman–Crippen MR) is 74.4 cm³/mol. The molecular weight excluding hydrogens is 258 g/mol. The maximum Gasteiger partial charge on any atom is 0.339 e. The fourth-order valence-corrected chi connectivity index (χ4v) is 2.50. The monoisotopic (exact) mass is 277 g/mol. The van der Waals surface area contributed by atoms with Gasteiger partial charge in [0.25, 0.3) is 0 Å². The van der Waals surface area contributed by atoms with Crippen LogP contribution in [0.4, 0.5) is 5.82 Å². The first-order chi connectivity index (χ1) is 9.52. The van der Waals surface area contributed by atoms with Crippen molar-refractivity contribution in [2.24, 2.45) is 11.7 Å². The molecule has 1 fully saturated rings. The molecule has 0 aromatic carbocycles. The van der Waals surface area contributed by atoms with E-state index in [0.717, 1.165) is 37.3 Å². The van der Waals surface area contributed by atoms with Gasteiger partial charge in [0.15, 0.2) is 0 Å². The molecule has 20 heavy (non-hydrogen) atoms. The molecular formula is C14H19N3O3. The van der Waals surface area contributed by atoms with E-state index < -0.39 is 0 Å². The molecule has 1 aromatic rings. The molecule has 0 atom stereocenters. The Labute approximate surface area is 117 Å². The number of nitrogens with zero attached hydrogens (tertiary/aromatic N) is 2. The number of nitrogens with two attached hydrogens (primary N) is 1. The number of ether oxygens (including phenoxy) is 1. The zero-order valence-corrected chi connectivity index (χ0v) is 11.8. The number of pyridine rings is 1. The zero-order chi connectivity index (χ0) is 14.7. The summed E-state index contributed by atoms with van der Waals surface area (Å²) in [5.74, 6) is 0.191. The van der Waals surface area contributed by atoms with E-state index >= 15 is 0 Å². The van der Waals surface area contributed by atoms with Crippen LogP contribution in [-0.2, 0) is 9.53 Å². The van der Waals surface area contributed by atoms with Gasteiger partial charge in [-0.15, -0.1) is 0 Å². The summed E-state index contributed by atoms with van der Waals surface area (Å²) in [6.45, 7) is 3.41. The van der Waals surface area contributed by atoms with Crippen LogP contribution >= 0.6 is 0 Å². The Kier molecular flexibility index (Phi) is 4.22. The van der Waals surface area contributed by atoms with E-state index in [-0.39, 0.29) is 17.8 Å². The molecule has 2 rings (SSSR count). The molecule has 0 aliphatic carbocycles. The molecule has 1 aliphatic rings. The number of carbonyl (C=O) groups is 2. The van der Waals surface area contributed by atoms with Gasteiger partial charge in [-0.3, -0.25) is 4.79 Å². The maximum absolute atomic E-state index is 11.4. The highest BCUT2D eigenvalue weighted by Crippen LogP contribution is 2.24. The van der Waals surface area contributed by atoms with Gasteiger partial charge in [0.05, 0.1) is 12.7 Å². The molecule has 6 heteroatoms. The van der Waals surface area contributed by atoms with Crippen LogP contribution in [-0.4, -0.2) is 37.1 Å². The van der Waals surface area contributed by atoms with E-state index in [9.17, 15) is 9.59 Å². The van der Waals surface area contributed by atoms with Gasteiger partial charge in [-0.25, -0.2) is 9.78 Å². The number of primary amides is 1. The third-order valence-electron chi connectivity index (χ3n) is 3.67. The van der Waals surface area contributed by atoms with Crippen molar-refractivity contribution < 1.29 is 14.3 Å². The van der Waals surface area contributed by atoms with Crippen LogP contribution in [0.1, 0.15) is 28.8 Å². The Bertz CT molecular complexity index is 522. The van der Waals surface area contributed by atoms with Crippen molar-refractivity contribution in [1.82, 2.24) is 4.98 Å². The molecule has 0 unspecified atom stereocenters. The smallest absolute Gasteiger partial charge is 0.339 e. The lowest BCUT2D eigenvalue weighted by Gasteiger charge is -2.32. The minimum absolute atomic E-state index is 0.0408. The number of hydrogen-bond donors (Lipinski definition) is 1. The molecule has 1 saturated heterocycles. The summed E-state index contributed by atoms with van der Waals surface area (Å²) < 4.78 is 4.67. The molecule has 0 saturated carbocycles. The van der Waals surface area contributed by atoms with Gasteiger partial charge in [-0.05, 0) is 31.4 Å². The van der Waals surface area contributed by atoms with Gasteiger partial charge in [0.2, 0.25) is 5.91 Å². The second-order valence-corrected chi connectivity index (χ2v) is 5.02. The van der Waals surface area contributed by atoms with E-state index in [0.29, 0.717) is 5.56 Å². The molecule has 0 spiro atoms. The van der Waals surface area contributed by atoms with Crippen LogP contribution in [0, 0.1) is 12.8 Å². The summed E-state index contributed by atoms with van der Waals surface area (Å²) in [6, 6.07) is 1.77. The topological polar surface area (TPSA) is 85.5 Å². The molecule has 1 amide bonds. The number of aromatic nitrogens is 1. The Balaban J connectivity index is 2.11. The van der Waals surface area contributed by atoms with Crippen molar-refractivity contribution in [3.8, 4) is 0 Å². The molecule has 1 aromatic heterocycles. The van der Waals surface area contributed by atoms with Gasteiger partial charge in [0, 0.05) is 25.2 Å². The first-order valence-corrected chi connectivity index (χ1v) is 6.62. The van der Waals surface area contributed by atoms with Crippen molar-refractivity contribution >= 4 is 17.7 Å². The Hall–Kier alpha value is -2.11. The Morgan fingerprint density at radius 2 is 2.05 bits per heavy atom. The number of aryl methyl sites for hydroxylation is 1. The molecule has 1 aliphatic heterocycles. The lowest BCUT2D eigenvalue weighted by Crippen LogP contribution is -2.39. The van der Waals surface area contributed by atoms with Gasteiger partial charge in [-0.1, -0.05) is 0 Å². The number of amides is 1. The second-order valence-electron chi connectivity index (χ2n) is 5.02. The summed E-state index contributed by atoms with van der Waals surface area (Å²) >= 11 is 0. The fourth-order valence-electron chi connectivity index (χ4n) is 2.50. The van der Waals surface area contributed by atoms with Crippen LogP contribution in [0.5, 0.6) is 0 Å². The Morgan fingerprint density at radius 1 is 1.40 bits per heavy atom. The third kappa shape index (κ3) is 2.89. The molecule has 0 radical (unpaired) electrons. The fraction of sp³-hybridized carbons (Fsp3) is 0.500. The minimum atomic E-state index is -0.389. The number of anilines is 1. The third-order valence-corrected chi connectivity index (χ3v) is 3.67. The van der Waals surface area contributed by atoms with Gasteiger partial charge in [0.1, 0.15) is 5.82 Å². The van der Waals surface area contributed by atoms with Gasteiger partial charge >= 0.3 is 5.97 Å². The van der Waals surface area contributed by atoms with Crippen LogP contribution in [0.3, 0.4) is 0 Å². The van der Waals surface area contributed by atoms with Crippen LogP contribution in [0.25, 0.3) is 0 Å². The summed E-state index contributed by atoms with van der Waals surface area (Å²) in [7, 11) is 1.35. The van der Waals surface area contributed by atoms with Gasteiger partial charge in [-0.2, -0.15) is 0 Å². The van der Waals surface area contributed by atoms with Crippen molar-refractivity contribution in [3.05, 3.63) is 23.4 Å². The molecule has 2 N–H and O–H groups in total. The Morgan fingerprint density at radius 3 is 2.55 bits per heavy atom. The minimum Gasteiger partial charge on any atom is -0.465 e. The average molecular weight is 277 g/mol. The lowest BCUT2D eigenvalue weighted by atomic mass is 9.96. The number of hydrogen-bond acceptors (Lipinski definition) is 5. The van der Waals surface area contributed by atoms with Gasteiger partial charge < -0.3 is 15.4 Å². The summed E-state index contributed by atoms with van der Waals surface area (Å²) in [4.78, 5) is 29.1. The normalized spacial score (nSPS) is 16.0. The van der Waals surface area contributed by atoms with E-state index in [4.69, 9.17) is 5.73 Å². The number of esters is 1. The second kappa shape index (κ2) is 5.90. The summed E-state index contributed by atoms with van der Waals surface area (Å²) in [5.41, 5.74) is 6.69. The molecule has 0 bridgehead atoms. The van der Waals surface area contributed by atoms with E-state index in [1.165, 1.54) is 13.3 Å². The SMILES string of the molecule is COC(=O)c1cnc(N2CCC(C(N)=O)CC2)c(C)c1. The maximum atomic E-state index is 11.4. The van der Waals surface area contributed by atoms with Crippen molar-refractivity contribution in [3.63, 3.8) is 0 Å². The highest BCUT2D eigenvalue weighted by molar-refractivity contribution is 5.89. The standard InChI is InChI=1S/C14H19N3O3/c1-9-7-11(14(19)20-2)8-16-13(9)17-5-3-10(4-6-17)12(15)18/h7-8,10H,3-6H2,1-2H3,(H2,15,18). The zero-order valence-electron chi connectivity index (χ0n) is 11.8. The summed E-state index contributed by atoms with van der Waals surface area (Å²) in [5, 5.41) is 0. The molecule has 2 heterocycles. The quantitative estimate of drug-likeness (QED) is 0.829. The number of piperidine rings is 1. The van der Waals surface area contributed by atoms with Crippen molar-refractivity contribution in [2.45, 2.75) is 19.8 Å². The van der Waals surface area contributed by atoms with Crippen LogP contribution < -0.4 is 10.6 Å². The first kappa shape index (κ1) is 14.3. The number of carbonyl (C=O) groups excluding carboxylic acids is 2. The highest BCUT2D eigenvalue weighted by atomic mass is 16.5. The van der Waals surface area contributed by atoms with E-state index in [2.05, 4.69) is 14.6 Å². The van der Waals surface area contributed by atoms with Crippen LogP contribution in [0.15, 0.2) is 12.3 Å². The van der Waals surface area contributed by atoms with Crippen molar-refractivity contribution in [2.75, 3.05) is 25.1 Å². The molecule has 108 valence electrons. The number of methoxy groups -OCH3 is 1. The highest BCUT2D eigenvalue weighted by Gasteiger charge is 2.24. The van der Waals surface area contributed by atoms with E-state index in [1.807, 2.05) is 6.92 Å². The average Bonchev–Trinajstić information content (AvgIpc) is 2.46. The summed E-state index contributed by atoms with van der Waals surface area (Å²) in [6.07, 6.45) is 3.01. The predicted octanol–water partition coefficient (Wildman–Crippen LogP) is 0.878. The van der Waals surface area contributed by atoms with Crippen molar-refractivity contribution in [1.29, 1.82) is 0 Å². The van der Waals surface area contributed by atoms with E-state index in [1.54, 1.807) is 6.07 Å².